The van der Waals surface area contributed by atoms with Crippen molar-refractivity contribution >= 4 is 9.24 Å². The number of unbranched alkanes of at least 4 members (excludes halogenated alkanes) is 18. The zero-order valence-corrected chi connectivity index (χ0v) is 46.0. The third-order valence-corrected chi connectivity index (χ3v) is 17.4. The lowest BCUT2D eigenvalue weighted by Gasteiger charge is -2.46. The van der Waals surface area contributed by atoms with Crippen molar-refractivity contribution in [1.82, 2.24) is 5.32 Å². The Morgan fingerprint density at radius 3 is 1.58 bits per heavy atom. The Kier molecular flexibility index (Phi) is 34.3. The zero-order valence-electron chi connectivity index (χ0n) is 44.8. The molecule has 3 aliphatic carbocycles. The van der Waals surface area contributed by atoms with Crippen LogP contribution in [-0.2, 0) is 4.74 Å². The van der Waals surface area contributed by atoms with E-state index in [0.717, 1.165) is 50.0 Å². The molecule has 3 saturated carbocycles. The number of aliphatic hydroxyl groups excluding tert-OH is 1. The van der Waals surface area contributed by atoms with E-state index in [4.69, 9.17) is 4.74 Å². The van der Waals surface area contributed by atoms with Gasteiger partial charge < -0.3 is 15.2 Å². The highest BCUT2D eigenvalue weighted by molar-refractivity contribution is 7.20. The smallest absolute Gasteiger partial charge is 0.156 e. The normalized spacial score (nSPS) is 22.8. The van der Waals surface area contributed by atoms with Gasteiger partial charge in [-0.3, -0.25) is 14.9 Å². The fourth-order valence-electron chi connectivity index (χ4n) is 12.8. The van der Waals surface area contributed by atoms with E-state index in [9.17, 15) is 5.11 Å². The Morgan fingerprint density at radius 1 is 0.621 bits per heavy atom. The van der Waals surface area contributed by atoms with Gasteiger partial charge in [-0.25, -0.2) is 0 Å². The highest BCUT2D eigenvalue weighted by Crippen LogP contribution is 2.62. The predicted molar refractivity (Wildman–Crippen MR) is 296 cm³/mol. The van der Waals surface area contributed by atoms with E-state index in [-0.39, 0.29) is 5.92 Å². The summed E-state index contributed by atoms with van der Waals surface area (Å²) >= 11 is 0. The van der Waals surface area contributed by atoms with Crippen LogP contribution in [0.15, 0.2) is 48.6 Å². The molecule has 0 aromatic carbocycles. The summed E-state index contributed by atoms with van der Waals surface area (Å²) in [6, 6.07) is 0.671. The SMILES string of the molecule is CCCCC/C=C\C/C=C\CCCCCCCCC1(CCCCCCCC/C=C\C/C=C\CCCCC)CCC2(CC1)CC1CC(CCC[C-](C)P)C(NCCCC(C)C(O)OC)CC1C2. The molecule has 3 aliphatic rings. The molecular formula is C62H113NO2P-. The van der Waals surface area contributed by atoms with Crippen LogP contribution in [0.3, 0.4) is 0 Å². The lowest BCUT2D eigenvalue weighted by atomic mass is 9.59. The van der Waals surface area contributed by atoms with Crippen molar-refractivity contribution in [1.29, 1.82) is 0 Å². The van der Waals surface area contributed by atoms with Crippen LogP contribution >= 0.6 is 9.24 Å². The molecular weight excluding hydrogens is 822 g/mol. The van der Waals surface area contributed by atoms with Gasteiger partial charge in [0.2, 0.25) is 0 Å². The molecule has 3 rings (SSSR count). The van der Waals surface area contributed by atoms with Crippen molar-refractivity contribution in [3.8, 4) is 0 Å². The number of aliphatic hydroxyl groups is 1. The largest absolute Gasteiger partial charge is 0.368 e. The molecule has 66 heavy (non-hydrogen) atoms. The first-order chi connectivity index (χ1) is 32.2. The molecule has 3 fully saturated rings. The van der Waals surface area contributed by atoms with E-state index in [1.165, 1.54) is 230 Å². The average Bonchev–Trinajstić information content (AvgIpc) is 3.67. The number of methoxy groups -OCH3 is 1. The summed E-state index contributed by atoms with van der Waals surface area (Å²) in [6.45, 7) is 10.0. The van der Waals surface area contributed by atoms with Gasteiger partial charge in [-0.15, -0.1) is 0 Å². The van der Waals surface area contributed by atoms with E-state index in [0.29, 0.717) is 16.9 Å². The Bertz CT molecular complexity index is 1200. The van der Waals surface area contributed by atoms with Crippen LogP contribution in [0.4, 0.5) is 0 Å². The number of nitrogens with one attached hydrogen (secondary N) is 1. The number of hydrogen-bond donors (Lipinski definition) is 2. The van der Waals surface area contributed by atoms with E-state index in [2.05, 4.69) is 90.9 Å². The molecule has 4 heteroatoms. The van der Waals surface area contributed by atoms with Gasteiger partial charge in [0, 0.05) is 19.1 Å². The van der Waals surface area contributed by atoms with Crippen molar-refractivity contribution in [3.05, 3.63) is 54.3 Å². The van der Waals surface area contributed by atoms with Crippen LogP contribution in [0.25, 0.3) is 0 Å². The second-order valence-electron chi connectivity index (χ2n) is 22.9. The van der Waals surface area contributed by atoms with Gasteiger partial charge in [0.15, 0.2) is 6.29 Å². The van der Waals surface area contributed by atoms with Gasteiger partial charge in [-0.2, -0.15) is 13.3 Å². The summed E-state index contributed by atoms with van der Waals surface area (Å²) in [4.78, 5) is 0. The van der Waals surface area contributed by atoms with Gasteiger partial charge in [-0.1, -0.05) is 172 Å². The molecule has 0 saturated heterocycles. The first kappa shape index (κ1) is 59.6. The van der Waals surface area contributed by atoms with Crippen molar-refractivity contribution in [2.24, 2.45) is 34.5 Å². The first-order valence-corrected chi connectivity index (χ1v) is 29.9. The van der Waals surface area contributed by atoms with Crippen LogP contribution in [0.2, 0.25) is 0 Å². The molecule has 7 atom stereocenters. The summed E-state index contributed by atoms with van der Waals surface area (Å²) in [5.74, 6) is 2.90. The van der Waals surface area contributed by atoms with Gasteiger partial charge in [0.05, 0.1) is 0 Å². The Hall–Kier alpha value is -0.730. The summed E-state index contributed by atoms with van der Waals surface area (Å²) in [7, 11) is 4.58. The van der Waals surface area contributed by atoms with E-state index in [1.54, 1.807) is 7.11 Å². The van der Waals surface area contributed by atoms with Crippen molar-refractivity contribution < 1.29 is 9.84 Å². The van der Waals surface area contributed by atoms with Crippen molar-refractivity contribution in [2.45, 2.75) is 290 Å². The van der Waals surface area contributed by atoms with E-state index in [1.807, 2.05) is 0 Å². The maximum atomic E-state index is 10.1. The van der Waals surface area contributed by atoms with E-state index >= 15 is 0 Å². The van der Waals surface area contributed by atoms with Gasteiger partial charge >= 0.3 is 0 Å². The minimum Gasteiger partial charge on any atom is -0.368 e. The molecule has 0 bridgehead atoms. The second kappa shape index (κ2) is 38.0. The van der Waals surface area contributed by atoms with Crippen LogP contribution in [0.5, 0.6) is 0 Å². The third kappa shape index (κ3) is 26.5. The Balaban J connectivity index is 1.46. The monoisotopic (exact) mass is 935 g/mol. The minimum atomic E-state index is -0.639. The summed E-state index contributed by atoms with van der Waals surface area (Å²) in [6.07, 6.45) is 72.1. The summed E-state index contributed by atoms with van der Waals surface area (Å²) < 4.78 is 5.21. The van der Waals surface area contributed by atoms with Crippen LogP contribution < -0.4 is 5.32 Å². The molecule has 0 radical (unpaired) electrons. The standard InChI is InChI=1S/C62H113NO2P/c1-6-8-10-12-14-16-18-20-22-24-26-28-30-32-34-36-43-61(44-37-35-33-31-29-27-25-23-21-19-17-15-13-11-9-7-2)45-47-62(48-46-61)52-57-50-56(42-38-41-55(4)66)59(51-58(57)53-62)63-49-39-40-54(3)60(64)65-5/h14-17,20-23,54,56-60,63-64H,6-13,18-19,24-53,66H2,1-5H3/q-1/b16-14-,17-15-,22-20-,23-21-. The molecule has 1 spiro atoms. The topological polar surface area (TPSA) is 41.5 Å². The first-order valence-electron chi connectivity index (χ1n) is 29.4. The number of allylic oxidation sites excluding steroid dienone is 8. The summed E-state index contributed by atoms with van der Waals surface area (Å²) in [5.41, 5.74) is 2.76. The summed E-state index contributed by atoms with van der Waals surface area (Å²) in [5, 5.41) is 14.3. The molecule has 0 aliphatic heterocycles. The lowest BCUT2D eigenvalue weighted by Crippen LogP contribution is -2.43. The van der Waals surface area contributed by atoms with Crippen molar-refractivity contribution in [3.63, 3.8) is 0 Å². The predicted octanol–water partition coefficient (Wildman–Crippen LogP) is 19.3. The van der Waals surface area contributed by atoms with Gasteiger partial charge in [0.1, 0.15) is 0 Å². The average molecular weight is 936 g/mol. The second-order valence-corrected chi connectivity index (χ2v) is 23.9. The zero-order chi connectivity index (χ0) is 47.4. The molecule has 3 nitrogen and oxygen atoms in total. The maximum absolute atomic E-state index is 10.1. The minimum absolute atomic E-state index is 0.192. The van der Waals surface area contributed by atoms with Gasteiger partial charge in [0.25, 0.3) is 0 Å². The highest BCUT2D eigenvalue weighted by atomic mass is 31.0. The molecule has 2 N–H and O–H groups in total. The van der Waals surface area contributed by atoms with Crippen LogP contribution in [0, 0.1) is 40.2 Å². The quantitative estimate of drug-likeness (QED) is 0.0211. The fourth-order valence-corrected chi connectivity index (χ4v) is 13.0. The Morgan fingerprint density at radius 2 is 1.09 bits per heavy atom. The molecule has 0 aromatic rings. The molecule has 384 valence electrons. The molecule has 0 amide bonds. The molecule has 0 aromatic heterocycles. The van der Waals surface area contributed by atoms with Crippen LogP contribution in [0.1, 0.15) is 278 Å². The number of ether oxygens (including phenoxy) is 1. The lowest BCUT2D eigenvalue weighted by molar-refractivity contribution is -0.109. The number of rotatable bonds is 41. The molecule has 7 unspecified atom stereocenters. The van der Waals surface area contributed by atoms with E-state index < -0.39 is 6.29 Å². The highest BCUT2D eigenvalue weighted by Gasteiger charge is 2.52. The maximum Gasteiger partial charge on any atom is 0.156 e. The fraction of sp³-hybridized carbons (Fsp3) is 0.855. The van der Waals surface area contributed by atoms with Crippen LogP contribution in [-0.4, -0.2) is 31.1 Å². The van der Waals surface area contributed by atoms with Gasteiger partial charge in [-0.05, 0) is 176 Å². The van der Waals surface area contributed by atoms with Crippen molar-refractivity contribution in [2.75, 3.05) is 13.7 Å². The Labute approximate surface area is 415 Å². The number of fused-ring (bicyclic) bond motifs is 1. The molecule has 0 heterocycles. The number of hydrogen-bond acceptors (Lipinski definition) is 3. The third-order valence-electron chi connectivity index (χ3n) is 17.1.